The van der Waals surface area contributed by atoms with Crippen LogP contribution in [0, 0.1) is 0 Å². The molecule has 3 amide bonds. The summed E-state index contributed by atoms with van der Waals surface area (Å²) in [7, 11) is 0. The summed E-state index contributed by atoms with van der Waals surface area (Å²) in [5.74, 6) is -0.397. The molecule has 10 heteroatoms. The smallest absolute Gasteiger partial charge is 0.387 e. The van der Waals surface area contributed by atoms with Crippen molar-refractivity contribution in [3.63, 3.8) is 0 Å². The first-order valence-corrected chi connectivity index (χ1v) is 11.2. The summed E-state index contributed by atoms with van der Waals surface area (Å²) in [5.41, 5.74) is 3.83. The van der Waals surface area contributed by atoms with Gasteiger partial charge in [0.15, 0.2) is 0 Å². The Kier molecular flexibility index (Phi) is 5.06. The second-order valence-corrected chi connectivity index (χ2v) is 10.2. The second-order valence-electron chi connectivity index (χ2n) is 10.2. The molecule has 2 aliphatic heterocycles. The highest BCUT2D eigenvalue weighted by molar-refractivity contribution is 6.08. The number of hydrogen-bond acceptors (Lipinski definition) is 5. The van der Waals surface area contributed by atoms with Crippen molar-refractivity contribution in [3.8, 4) is 11.5 Å². The van der Waals surface area contributed by atoms with E-state index < -0.39 is 35.7 Å². The summed E-state index contributed by atoms with van der Waals surface area (Å²) in [6, 6.07) is 9.86. The standard InChI is InChI=1S/C25H26F2N4O4/c1-24(2,3)29-31-21(33)25(4)12-17-16-11-15(35-22(26)27)8-9-18(16)28-19(17)20(30(25)23(31)34)13-6-5-7-14(32)10-13/h5-11,20,22,28-29,32H,12H2,1-4H3/t20-,25+/m1/s1. The van der Waals surface area contributed by atoms with Crippen LogP contribution in [0.3, 0.4) is 0 Å². The van der Waals surface area contributed by atoms with Gasteiger partial charge in [-0.3, -0.25) is 9.69 Å². The van der Waals surface area contributed by atoms with Crippen LogP contribution in [0.1, 0.15) is 50.6 Å². The summed E-state index contributed by atoms with van der Waals surface area (Å²) in [4.78, 5) is 32.2. The quantitative estimate of drug-likeness (QED) is 0.476. The number of hydrogen-bond donors (Lipinski definition) is 3. The molecule has 3 aromatic rings. The van der Waals surface area contributed by atoms with Gasteiger partial charge in [0.25, 0.3) is 5.91 Å². The van der Waals surface area contributed by atoms with Crippen molar-refractivity contribution >= 4 is 22.8 Å². The lowest BCUT2D eigenvalue weighted by Crippen LogP contribution is -2.54. The number of aromatic nitrogens is 1. The number of amides is 3. The van der Waals surface area contributed by atoms with Crippen molar-refractivity contribution in [2.75, 3.05) is 0 Å². The number of nitrogens with one attached hydrogen (secondary N) is 2. The first-order chi connectivity index (χ1) is 16.4. The minimum absolute atomic E-state index is 0.000592. The zero-order valence-corrected chi connectivity index (χ0v) is 19.7. The first-order valence-electron chi connectivity index (χ1n) is 11.2. The lowest BCUT2D eigenvalue weighted by molar-refractivity contribution is -0.136. The maximum Gasteiger partial charge on any atom is 0.387 e. The number of ether oxygens (including phenoxy) is 1. The van der Waals surface area contributed by atoms with Crippen molar-refractivity contribution in [2.45, 2.75) is 57.8 Å². The molecule has 0 saturated carbocycles. The molecule has 0 radical (unpaired) electrons. The van der Waals surface area contributed by atoms with Gasteiger partial charge in [0.05, 0.1) is 0 Å². The molecule has 0 bridgehead atoms. The Morgan fingerprint density at radius 3 is 2.60 bits per heavy atom. The Morgan fingerprint density at radius 2 is 1.94 bits per heavy atom. The highest BCUT2D eigenvalue weighted by Gasteiger charge is 2.61. The summed E-state index contributed by atoms with van der Waals surface area (Å²) < 4.78 is 30.3. The molecular weight excluding hydrogens is 458 g/mol. The normalized spacial score (nSPS) is 22.2. The van der Waals surface area contributed by atoms with Crippen molar-refractivity contribution in [1.82, 2.24) is 20.3 Å². The van der Waals surface area contributed by atoms with E-state index in [4.69, 9.17) is 0 Å². The number of hydrazine groups is 1. The van der Waals surface area contributed by atoms with Gasteiger partial charge in [-0.05, 0) is 69.2 Å². The van der Waals surface area contributed by atoms with E-state index in [9.17, 15) is 23.5 Å². The van der Waals surface area contributed by atoms with E-state index in [0.717, 1.165) is 10.6 Å². The van der Waals surface area contributed by atoms with Gasteiger partial charge >= 0.3 is 12.6 Å². The summed E-state index contributed by atoms with van der Waals surface area (Å²) in [5, 5.41) is 11.9. The Balaban J connectivity index is 1.72. The van der Waals surface area contributed by atoms with Gasteiger partial charge in [0.2, 0.25) is 0 Å². The molecule has 1 saturated heterocycles. The molecule has 3 heterocycles. The van der Waals surface area contributed by atoms with Crippen LogP contribution in [0.2, 0.25) is 0 Å². The van der Waals surface area contributed by atoms with Crippen molar-refractivity contribution < 1.29 is 28.2 Å². The van der Waals surface area contributed by atoms with Crippen molar-refractivity contribution in [3.05, 3.63) is 59.3 Å². The Morgan fingerprint density at radius 1 is 1.20 bits per heavy atom. The number of imide groups is 1. The number of alkyl halides is 2. The number of benzene rings is 2. The number of carbonyl (C=O) groups is 2. The van der Waals surface area contributed by atoms with Gasteiger partial charge in [0.1, 0.15) is 23.1 Å². The van der Waals surface area contributed by atoms with E-state index in [1.165, 1.54) is 23.1 Å². The van der Waals surface area contributed by atoms with E-state index in [1.54, 1.807) is 31.2 Å². The zero-order valence-electron chi connectivity index (χ0n) is 19.7. The van der Waals surface area contributed by atoms with Crippen molar-refractivity contribution in [2.24, 2.45) is 0 Å². The number of halogens is 2. The van der Waals surface area contributed by atoms with E-state index in [1.807, 2.05) is 20.8 Å². The summed E-state index contributed by atoms with van der Waals surface area (Å²) in [6.07, 6.45) is 0.169. The number of urea groups is 1. The largest absolute Gasteiger partial charge is 0.508 e. The van der Waals surface area contributed by atoms with E-state index in [2.05, 4.69) is 15.1 Å². The van der Waals surface area contributed by atoms with Gasteiger partial charge in [-0.1, -0.05) is 12.1 Å². The fourth-order valence-electron chi connectivity index (χ4n) is 5.07. The number of aromatic hydroxyl groups is 1. The second kappa shape index (κ2) is 7.67. The van der Waals surface area contributed by atoms with Gasteiger partial charge in [-0.2, -0.15) is 13.8 Å². The predicted molar refractivity (Wildman–Crippen MR) is 124 cm³/mol. The molecule has 1 fully saturated rings. The van der Waals surface area contributed by atoms with Gasteiger partial charge in [-0.15, -0.1) is 0 Å². The van der Waals surface area contributed by atoms with Crippen LogP contribution < -0.4 is 10.2 Å². The number of rotatable bonds is 4. The van der Waals surface area contributed by atoms with Crippen molar-refractivity contribution in [1.29, 1.82) is 0 Å². The SMILES string of the molecule is CC(C)(C)NN1C(=O)N2[C@H](c3cccc(O)c3)c3[nH]c4ccc(OC(F)F)cc4c3C[C@@]2(C)C1=O. The third-order valence-electron chi connectivity index (χ3n) is 6.41. The maximum absolute atomic E-state index is 13.7. The molecule has 8 nitrogen and oxygen atoms in total. The number of phenols is 1. The number of phenolic OH excluding ortho intramolecular Hbond substituents is 1. The van der Waals surface area contributed by atoms with Gasteiger partial charge in [0, 0.05) is 28.6 Å². The van der Waals surface area contributed by atoms with Crippen LogP contribution in [0.25, 0.3) is 10.9 Å². The van der Waals surface area contributed by atoms with Crippen LogP contribution >= 0.6 is 0 Å². The first kappa shape index (κ1) is 23.1. The number of carbonyl (C=O) groups excluding carboxylic acids is 2. The van der Waals surface area contributed by atoms with Gasteiger partial charge < -0.3 is 14.8 Å². The predicted octanol–water partition coefficient (Wildman–Crippen LogP) is 4.45. The lowest BCUT2D eigenvalue weighted by Gasteiger charge is -2.42. The molecule has 1 aromatic heterocycles. The van der Waals surface area contributed by atoms with Crippen LogP contribution in [-0.4, -0.2) is 49.6 Å². The highest BCUT2D eigenvalue weighted by Crippen LogP contribution is 2.49. The minimum Gasteiger partial charge on any atom is -0.508 e. The third kappa shape index (κ3) is 3.68. The van der Waals surface area contributed by atoms with Crippen LogP contribution in [0.5, 0.6) is 11.5 Å². The average Bonchev–Trinajstić information content (AvgIpc) is 3.19. The van der Waals surface area contributed by atoms with E-state index >= 15 is 0 Å². The zero-order chi connectivity index (χ0) is 25.3. The third-order valence-corrected chi connectivity index (χ3v) is 6.41. The number of fused-ring (bicyclic) bond motifs is 4. The van der Waals surface area contributed by atoms with Crippen LogP contribution in [0.4, 0.5) is 13.6 Å². The highest BCUT2D eigenvalue weighted by atomic mass is 19.3. The fourth-order valence-corrected chi connectivity index (χ4v) is 5.07. The molecule has 35 heavy (non-hydrogen) atoms. The molecule has 2 aromatic carbocycles. The average molecular weight is 485 g/mol. The number of H-pyrrole nitrogens is 1. The monoisotopic (exact) mass is 484 g/mol. The number of nitrogens with zero attached hydrogens (tertiary/aromatic N) is 2. The molecular formula is C25H26F2N4O4. The van der Waals surface area contributed by atoms with Gasteiger partial charge in [-0.25, -0.2) is 10.2 Å². The Labute approximate surface area is 200 Å². The molecule has 2 atom stereocenters. The molecule has 184 valence electrons. The Hall–Kier alpha value is -3.66. The summed E-state index contributed by atoms with van der Waals surface area (Å²) in [6.45, 7) is 4.28. The maximum atomic E-state index is 13.7. The number of aromatic amines is 1. The molecule has 3 N–H and O–H groups in total. The molecule has 0 unspecified atom stereocenters. The fraction of sp³-hybridized carbons (Fsp3) is 0.360. The van der Waals surface area contributed by atoms with E-state index in [0.29, 0.717) is 22.2 Å². The molecule has 0 aliphatic carbocycles. The topological polar surface area (TPSA) is 97.9 Å². The summed E-state index contributed by atoms with van der Waals surface area (Å²) >= 11 is 0. The molecule has 2 aliphatic rings. The van der Waals surface area contributed by atoms with E-state index in [-0.39, 0.29) is 17.9 Å². The van der Waals surface area contributed by atoms with Crippen LogP contribution in [-0.2, 0) is 11.2 Å². The molecule has 5 rings (SSSR count). The lowest BCUT2D eigenvalue weighted by atomic mass is 9.81. The Bertz CT molecular complexity index is 1350. The van der Waals surface area contributed by atoms with Crippen LogP contribution in [0.15, 0.2) is 42.5 Å². The minimum atomic E-state index is -2.97. The molecule has 0 spiro atoms.